The second-order valence-corrected chi connectivity index (χ2v) is 12.0. The van der Waals surface area contributed by atoms with Crippen molar-refractivity contribution in [3.05, 3.63) is 30.4 Å². The first-order valence-corrected chi connectivity index (χ1v) is 13.9. The molecule has 0 radical (unpaired) electrons. The standard InChI is InChI=1S/C29H41N3O5/c1-19(33)36-22-8-10-28(3)21(16-22)17-25(31-35-15-5-13-32-14-12-30-18-32)27-23-6-7-26(37-20(2)34)29(23,4)11-9-24(27)28/h12,14,17-18,22-24,26-27H,5-11,13,15-16H2,1-4H3/t22-,23-,24-,26-,27-,28-,29-/m0/s1. The molecule has 7 atom stereocenters. The fourth-order valence-electron chi connectivity index (χ4n) is 8.01. The Kier molecular flexibility index (Phi) is 7.20. The van der Waals surface area contributed by atoms with Crippen LogP contribution >= 0.6 is 0 Å². The minimum Gasteiger partial charge on any atom is -0.462 e. The molecule has 8 nitrogen and oxygen atoms in total. The first-order chi connectivity index (χ1) is 17.7. The molecule has 5 rings (SSSR count). The summed E-state index contributed by atoms with van der Waals surface area (Å²) >= 11 is 0. The third-order valence-electron chi connectivity index (χ3n) is 9.85. The molecule has 0 bridgehead atoms. The van der Waals surface area contributed by atoms with Crippen LogP contribution in [0, 0.1) is 28.6 Å². The van der Waals surface area contributed by atoms with E-state index >= 15 is 0 Å². The number of ether oxygens (including phenoxy) is 2. The number of rotatable bonds is 7. The molecular weight excluding hydrogens is 470 g/mol. The number of fused-ring (bicyclic) bond motifs is 5. The van der Waals surface area contributed by atoms with E-state index in [-0.39, 0.29) is 40.9 Å². The van der Waals surface area contributed by atoms with Crippen molar-refractivity contribution in [2.75, 3.05) is 6.61 Å². The van der Waals surface area contributed by atoms with Crippen LogP contribution in [0.2, 0.25) is 0 Å². The molecule has 0 aliphatic heterocycles. The fraction of sp³-hybridized carbons (Fsp3) is 0.724. The lowest BCUT2D eigenvalue weighted by Gasteiger charge is -2.57. The number of nitrogens with zero attached hydrogens (tertiary/aromatic N) is 3. The first-order valence-electron chi connectivity index (χ1n) is 13.9. The summed E-state index contributed by atoms with van der Waals surface area (Å²) in [6.07, 6.45) is 15.3. The van der Waals surface area contributed by atoms with Crippen LogP contribution in [0.4, 0.5) is 0 Å². The number of hydrogen-bond acceptors (Lipinski definition) is 7. The van der Waals surface area contributed by atoms with Crippen molar-refractivity contribution >= 4 is 17.7 Å². The lowest BCUT2D eigenvalue weighted by Crippen LogP contribution is -2.54. The number of allylic oxidation sites excluding steroid dienone is 1. The molecule has 8 heteroatoms. The minimum atomic E-state index is -0.214. The molecule has 3 fully saturated rings. The highest BCUT2D eigenvalue weighted by molar-refractivity contribution is 5.99. The van der Waals surface area contributed by atoms with Gasteiger partial charge in [-0.25, -0.2) is 4.98 Å². The maximum atomic E-state index is 11.9. The maximum Gasteiger partial charge on any atom is 0.302 e. The molecule has 0 amide bonds. The predicted octanol–water partition coefficient (Wildman–Crippen LogP) is 5.08. The lowest BCUT2D eigenvalue weighted by atomic mass is 9.47. The zero-order chi connectivity index (χ0) is 26.2. The smallest absolute Gasteiger partial charge is 0.302 e. The van der Waals surface area contributed by atoms with Crippen LogP contribution in [-0.4, -0.2) is 46.0 Å². The van der Waals surface area contributed by atoms with Crippen LogP contribution in [0.5, 0.6) is 0 Å². The second-order valence-electron chi connectivity index (χ2n) is 12.0. The minimum absolute atomic E-state index is 0.0359. The Morgan fingerprint density at radius 2 is 1.89 bits per heavy atom. The summed E-state index contributed by atoms with van der Waals surface area (Å²) in [5, 5.41) is 4.77. The van der Waals surface area contributed by atoms with Gasteiger partial charge in [0, 0.05) is 57.0 Å². The van der Waals surface area contributed by atoms with Crippen molar-refractivity contribution in [1.82, 2.24) is 9.55 Å². The van der Waals surface area contributed by atoms with Gasteiger partial charge < -0.3 is 18.9 Å². The molecule has 0 spiro atoms. The molecule has 1 heterocycles. The van der Waals surface area contributed by atoms with E-state index < -0.39 is 0 Å². The van der Waals surface area contributed by atoms with Crippen molar-refractivity contribution in [2.24, 2.45) is 33.7 Å². The number of esters is 2. The van der Waals surface area contributed by atoms with Crippen LogP contribution in [-0.2, 0) is 30.4 Å². The van der Waals surface area contributed by atoms with Crippen molar-refractivity contribution in [2.45, 2.75) is 97.8 Å². The van der Waals surface area contributed by atoms with Crippen LogP contribution < -0.4 is 0 Å². The summed E-state index contributed by atoms with van der Waals surface area (Å²) in [6.45, 7) is 9.11. The third-order valence-corrected chi connectivity index (χ3v) is 9.85. The zero-order valence-corrected chi connectivity index (χ0v) is 22.7. The Morgan fingerprint density at radius 3 is 2.62 bits per heavy atom. The molecule has 1 aromatic rings. The van der Waals surface area contributed by atoms with E-state index in [0.29, 0.717) is 18.4 Å². The van der Waals surface area contributed by atoms with E-state index in [9.17, 15) is 9.59 Å². The van der Waals surface area contributed by atoms with Gasteiger partial charge in [0.25, 0.3) is 0 Å². The molecule has 37 heavy (non-hydrogen) atoms. The monoisotopic (exact) mass is 511 g/mol. The van der Waals surface area contributed by atoms with Crippen molar-refractivity contribution < 1.29 is 23.9 Å². The molecule has 4 aliphatic carbocycles. The van der Waals surface area contributed by atoms with Crippen LogP contribution in [0.1, 0.15) is 79.1 Å². The highest BCUT2D eigenvalue weighted by Gasteiger charge is 2.61. The van der Waals surface area contributed by atoms with E-state index in [0.717, 1.165) is 63.6 Å². The lowest BCUT2D eigenvalue weighted by molar-refractivity contribution is -0.155. The Bertz CT molecular complexity index is 1070. The van der Waals surface area contributed by atoms with Crippen molar-refractivity contribution in [1.29, 1.82) is 0 Å². The second kappa shape index (κ2) is 10.3. The Labute approximate surface area is 219 Å². The molecule has 0 N–H and O–H groups in total. The summed E-state index contributed by atoms with van der Waals surface area (Å²) in [6, 6.07) is 0. The zero-order valence-electron chi connectivity index (χ0n) is 22.7. The van der Waals surface area contributed by atoms with Gasteiger partial charge in [-0.1, -0.05) is 24.6 Å². The molecule has 0 saturated heterocycles. The number of hydrogen-bond donors (Lipinski definition) is 0. The Hall–Kier alpha value is -2.64. The number of oxime groups is 1. The first kappa shape index (κ1) is 26.0. The normalized spacial score (nSPS) is 37.7. The number of carbonyl (C=O) groups excluding carboxylic acids is 2. The van der Waals surface area contributed by atoms with Gasteiger partial charge in [0.1, 0.15) is 18.8 Å². The van der Waals surface area contributed by atoms with E-state index in [1.165, 1.54) is 19.4 Å². The summed E-state index contributed by atoms with van der Waals surface area (Å²) in [5.41, 5.74) is 2.36. The van der Waals surface area contributed by atoms with Gasteiger partial charge >= 0.3 is 11.9 Å². The van der Waals surface area contributed by atoms with Gasteiger partial charge in [-0.15, -0.1) is 0 Å². The highest BCUT2D eigenvalue weighted by Crippen LogP contribution is 2.64. The Balaban J connectivity index is 1.41. The van der Waals surface area contributed by atoms with E-state index in [2.05, 4.69) is 24.9 Å². The SMILES string of the molecule is CC(=O)O[C@H]1CC[C@@]2(C)C(=CC(=NOCCCn3ccnc3)[C@H]3[C@@H]4CC[C@H](OC(C)=O)[C@@]4(C)CC[C@@H]32)C1. The molecule has 4 aliphatic rings. The summed E-state index contributed by atoms with van der Waals surface area (Å²) in [5.74, 6) is 0.713. The average molecular weight is 512 g/mol. The fourth-order valence-corrected chi connectivity index (χ4v) is 8.01. The van der Waals surface area contributed by atoms with Gasteiger partial charge in [-0.05, 0) is 61.9 Å². The van der Waals surface area contributed by atoms with Gasteiger partial charge in [0.15, 0.2) is 0 Å². The summed E-state index contributed by atoms with van der Waals surface area (Å²) < 4.78 is 13.5. The summed E-state index contributed by atoms with van der Waals surface area (Å²) in [4.78, 5) is 33.6. The predicted molar refractivity (Wildman–Crippen MR) is 138 cm³/mol. The van der Waals surface area contributed by atoms with E-state index in [4.69, 9.17) is 19.5 Å². The molecule has 0 unspecified atom stereocenters. The molecule has 0 aromatic carbocycles. The number of aryl methyl sites for hydroxylation is 1. The van der Waals surface area contributed by atoms with Crippen LogP contribution in [0.25, 0.3) is 0 Å². The van der Waals surface area contributed by atoms with Gasteiger partial charge in [0.05, 0.1) is 12.0 Å². The average Bonchev–Trinajstić information content (AvgIpc) is 3.47. The van der Waals surface area contributed by atoms with Crippen LogP contribution in [0.3, 0.4) is 0 Å². The van der Waals surface area contributed by atoms with E-state index in [1.54, 1.807) is 6.20 Å². The molecule has 3 saturated carbocycles. The maximum absolute atomic E-state index is 11.9. The number of aromatic nitrogens is 2. The number of imidazole rings is 1. The third kappa shape index (κ3) is 4.96. The van der Waals surface area contributed by atoms with E-state index in [1.807, 2.05) is 17.1 Å². The summed E-state index contributed by atoms with van der Waals surface area (Å²) in [7, 11) is 0. The van der Waals surface area contributed by atoms with Crippen LogP contribution in [0.15, 0.2) is 35.5 Å². The van der Waals surface area contributed by atoms with Gasteiger partial charge in [0.2, 0.25) is 0 Å². The number of carbonyl (C=O) groups is 2. The van der Waals surface area contributed by atoms with Gasteiger partial charge in [-0.2, -0.15) is 0 Å². The van der Waals surface area contributed by atoms with Gasteiger partial charge in [-0.3, -0.25) is 9.59 Å². The topological polar surface area (TPSA) is 92.0 Å². The molecule has 1 aromatic heterocycles. The van der Waals surface area contributed by atoms with Crippen molar-refractivity contribution in [3.8, 4) is 0 Å². The molecule has 202 valence electrons. The molecular formula is C29H41N3O5. The highest BCUT2D eigenvalue weighted by atomic mass is 16.6. The quantitative estimate of drug-likeness (QED) is 0.288. The largest absolute Gasteiger partial charge is 0.462 e. The Morgan fingerprint density at radius 1 is 1.08 bits per heavy atom. The van der Waals surface area contributed by atoms with Crippen molar-refractivity contribution in [3.63, 3.8) is 0 Å².